The van der Waals surface area contributed by atoms with Gasteiger partial charge in [-0.15, -0.1) is 0 Å². The van der Waals surface area contributed by atoms with Gasteiger partial charge in [0.15, 0.2) is 0 Å². The van der Waals surface area contributed by atoms with Crippen LogP contribution in [-0.4, -0.2) is 18.0 Å². The summed E-state index contributed by atoms with van der Waals surface area (Å²) >= 11 is 0. The van der Waals surface area contributed by atoms with Gasteiger partial charge >= 0.3 is 0 Å². The summed E-state index contributed by atoms with van der Waals surface area (Å²) in [5.74, 6) is 0.639. The Balaban J connectivity index is 2.01. The maximum Gasteiger partial charge on any atom is 0.0938 e. The Labute approximate surface area is 85.5 Å². The molecule has 2 aliphatic rings. The van der Waals surface area contributed by atoms with Crippen LogP contribution in [0.5, 0.6) is 0 Å². The van der Waals surface area contributed by atoms with Crippen molar-refractivity contribution >= 4 is 5.84 Å². The number of hydrogen-bond acceptors (Lipinski definition) is 2. The summed E-state index contributed by atoms with van der Waals surface area (Å²) in [6.45, 7) is 0.796. The van der Waals surface area contributed by atoms with E-state index in [9.17, 15) is 0 Å². The standard InChI is InChI=1S/C11H20N2O/c12-10(13)9-4-7-14-11(8-9)5-2-1-3-6-11/h9H,1-8H2,(H3,12,13). The fourth-order valence-electron chi connectivity index (χ4n) is 2.84. The van der Waals surface area contributed by atoms with Crippen molar-refractivity contribution in [2.24, 2.45) is 11.7 Å². The van der Waals surface area contributed by atoms with Crippen LogP contribution in [0, 0.1) is 11.3 Å². The molecule has 0 aromatic carbocycles. The second kappa shape index (κ2) is 3.89. The smallest absolute Gasteiger partial charge is 0.0938 e. The molecule has 1 saturated carbocycles. The zero-order valence-electron chi connectivity index (χ0n) is 8.72. The summed E-state index contributed by atoms with van der Waals surface area (Å²) in [6.07, 6.45) is 8.19. The summed E-state index contributed by atoms with van der Waals surface area (Å²) in [7, 11) is 0. The average Bonchev–Trinajstić information content (AvgIpc) is 2.19. The molecule has 3 nitrogen and oxygen atoms in total. The summed E-state index contributed by atoms with van der Waals surface area (Å²) in [5.41, 5.74) is 5.68. The van der Waals surface area contributed by atoms with Crippen molar-refractivity contribution in [3.8, 4) is 0 Å². The van der Waals surface area contributed by atoms with E-state index >= 15 is 0 Å². The molecule has 3 heteroatoms. The lowest BCUT2D eigenvalue weighted by molar-refractivity contribution is -0.108. The molecule has 1 aliphatic heterocycles. The quantitative estimate of drug-likeness (QED) is 0.498. The number of amidine groups is 1. The Hall–Kier alpha value is -0.570. The van der Waals surface area contributed by atoms with Crippen molar-refractivity contribution < 1.29 is 4.74 Å². The van der Waals surface area contributed by atoms with E-state index in [1.54, 1.807) is 0 Å². The predicted octanol–water partition coefficient (Wildman–Crippen LogP) is 2.05. The fourth-order valence-corrected chi connectivity index (χ4v) is 2.84. The zero-order chi connectivity index (χ0) is 10.0. The van der Waals surface area contributed by atoms with Crippen LogP contribution in [0.4, 0.5) is 0 Å². The van der Waals surface area contributed by atoms with Gasteiger partial charge in [0.25, 0.3) is 0 Å². The van der Waals surface area contributed by atoms with Crippen LogP contribution in [0.1, 0.15) is 44.9 Å². The first-order valence-corrected chi connectivity index (χ1v) is 5.70. The Morgan fingerprint density at radius 3 is 2.64 bits per heavy atom. The maximum absolute atomic E-state index is 7.51. The van der Waals surface area contributed by atoms with Crippen LogP contribution < -0.4 is 5.73 Å². The van der Waals surface area contributed by atoms with E-state index in [1.807, 2.05) is 0 Å². The first-order valence-electron chi connectivity index (χ1n) is 5.70. The van der Waals surface area contributed by atoms with Crippen LogP contribution in [0.15, 0.2) is 0 Å². The largest absolute Gasteiger partial charge is 0.387 e. The SMILES string of the molecule is N=C(N)C1CCOC2(CCCCC2)C1. The van der Waals surface area contributed by atoms with E-state index < -0.39 is 0 Å². The van der Waals surface area contributed by atoms with Crippen LogP contribution in [-0.2, 0) is 4.74 Å². The first kappa shape index (κ1) is 9.97. The van der Waals surface area contributed by atoms with Crippen molar-refractivity contribution in [2.45, 2.75) is 50.5 Å². The zero-order valence-corrected chi connectivity index (χ0v) is 8.72. The third kappa shape index (κ3) is 1.92. The minimum Gasteiger partial charge on any atom is -0.387 e. The fraction of sp³-hybridized carbons (Fsp3) is 0.909. The van der Waals surface area contributed by atoms with Gasteiger partial charge in [0.1, 0.15) is 0 Å². The minimum atomic E-state index is 0.0901. The van der Waals surface area contributed by atoms with Gasteiger partial charge < -0.3 is 10.5 Å². The third-order valence-corrected chi connectivity index (χ3v) is 3.70. The topological polar surface area (TPSA) is 59.1 Å². The number of rotatable bonds is 1. The highest BCUT2D eigenvalue weighted by atomic mass is 16.5. The van der Waals surface area contributed by atoms with Gasteiger partial charge in [0.2, 0.25) is 0 Å². The Bertz CT molecular complexity index is 216. The second-order valence-corrected chi connectivity index (χ2v) is 4.74. The van der Waals surface area contributed by atoms with Crippen molar-refractivity contribution in [1.29, 1.82) is 5.41 Å². The van der Waals surface area contributed by atoms with Crippen LogP contribution >= 0.6 is 0 Å². The molecule has 0 aromatic rings. The molecule has 1 atom stereocenters. The summed E-state index contributed by atoms with van der Waals surface area (Å²) < 4.78 is 5.93. The highest BCUT2D eigenvalue weighted by Gasteiger charge is 2.39. The van der Waals surface area contributed by atoms with E-state index in [-0.39, 0.29) is 11.5 Å². The molecule has 1 aliphatic carbocycles. The summed E-state index contributed by atoms with van der Waals surface area (Å²) in [5, 5.41) is 7.51. The average molecular weight is 196 g/mol. The van der Waals surface area contributed by atoms with E-state index in [1.165, 1.54) is 32.1 Å². The van der Waals surface area contributed by atoms with Gasteiger partial charge in [-0.25, -0.2) is 0 Å². The van der Waals surface area contributed by atoms with E-state index in [2.05, 4.69) is 0 Å². The lowest BCUT2D eigenvalue weighted by Gasteiger charge is -2.43. The van der Waals surface area contributed by atoms with Crippen molar-refractivity contribution in [2.75, 3.05) is 6.61 Å². The lowest BCUT2D eigenvalue weighted by atomic mass is 9.76. The number of nitrogens with one attached hydrogen (secondary N) is 1. The third-order valence-electron chi connectivity index (χ3n) is 3.70. The number of hydrogen-bond donors (Lipinski definition) is 2. The second-order valence-electron chi connectivity index (χ2n) is 4.74. The molecule has 1 unspecified atom stereocenters. The molecule has 80 valence electrons. The van der Waals surface area contributed by atoms with E-state index in [0.717, 1.165) is 19.4 Å². The van der Waals surface area contributed by atoms with Gasteiger partial charge in [-0.3, -0.25) is 5.41 Å². The molecule has 14 heavy (non-hydrogen) atoms. The summed E-state index contributed by atoms with van der Waals surface area (Å²) in [6, 6.07) is 0. The molecule has 0 bridgehead atoms. The van der Waals surface area contributed by atoms with Crippen LogP contribution in [0.25, 0.3) is 0 Å². The monoisotopic (exact) mass is 196 g/mol. The van der Waals surface area contributed by atoms with Gasteiger partial charge in [-0.2, -0.15) is 0 Å². The lowest BCUT2D eigenvalue weighted by Crippen LogP contribution is -2.44. The molecule has 0 amide bonds. The van der Waals surface area contributed by atoms with Crippen LogP contribution in [0.3, 0.4) is 0 Å². The highest BCUT2D eigenvalue weighted by Crippen LogP contribution is 2.40. The highest BCUT2D eigenvalue weighted by molar-refractivity contribution is 5.79. The molecule has 2 rings (SSSR count). The molecule has 1 spiro atoms. The molecule has 1 saturated heterocycles. The predicted molar refractivity (Wildman–Crippen MR) is 56.4 cm³/mol. The van der Waals surface area contributed by atoms with Gasteiger partial charge in [-0.1, -0.05) is 19.3 Å². The Morgan fingerprint density at radius 2 is 2.00 bits per heavy atom. The maximum atomic E-state index is 7.51. The minimum absolute atomic E-state index is 0.0901. The normalized spacial score (nSPS) is 31.6. The van der Waals surface area contributed by atoms with Crippen molar-refractivity contribution in [3.63, 3.8) is 0 Å². The van der Waals surface area contributed by atoms with E-state index in [4.69, 9.17) is 15.9 Å². The molecule has 2 fully saturated rings. The van der Waals surface area contributed by atoms with Gasteiger partial charge in [-0.05, 0) is 25.7 Å². The Morgan fingerprint density at radius 1 is 1.29 bits per heavy atom. The number of ether oxygens (including phenoxy) is 1. The number of nitrogens with two attached hydrogens (primary N) is 1. The molecule has 1 heterocycles. The first-order chi connectivity index (χ1) is 6.72. The molecular weight excluding hydrogens is 176 g/mol. The molecular formula is C11H20N2O. The molecule has 0 radical (unpaired) electrons. The van der Waals surface area contributed by atoms with Gasteiger partial charge in [0.05, 0.1) is 11.4 Å². The van der Waals surface area contributed by atoms with Gasteiger partial charge in [0, 0.05) is 12.5 Å². The van der Waals surface area contributed by atoms with Crippen molar-refractivity contribution in [1.82, 2.24) is 0 Å². The molecule has 0 aromatic heterocycles. The molecule has 3 N–H and O–H groups in total. The van der Waals surface area contributed by atoms with Crippen LogP contribution in [0.2, 0.25) is 0 Å². The summed E-state index contributed by atoms with van der Waals surface area (Å²) in [4.78, 5) is 0. The Kier molecular flexibility index (Phi) is 2.77. The van der Waals surface area contributed by atoms with E-state index in [0.29, 0.717) is 5.84 Å². The van der Waals surface area contributed by atoms with Crippen molar-refractivity contribution in [3.05, 3.63) is 0 Å².